The first-order chi connectivity index (χ1) is 18.0. The second-order valence-electron chi connectivity index (χ2n) is 11.6. The molecule has 1 unspecified atom stereocenters. The fraction of sp³-hybridized carbons (Fsp3) is 0.424. The van der Waals surface area contributed by atoms with Crippen LogP contribution in [0.4, 0.5) is 8.78 Å². The molecular weight excluding hydrogens is 478 g/mol. The maximum absolute atomic E-state index is 13.5. The van der Waals surface area contributed by atoms with Gasteiger partial charge in [0.05, 0.1) is 6.04 Å². The lowest BCUT2D eigenvalue weighted by molar-refractivity contribution is -0.123. The molecule has 3 aromatic carbocycles. The van der Waals surface area contributed by atoms with E-state index in [2.05, 4.69) is 69.5 Å². The second kappa shape index (κ2) is 13.7. The molecule has 1 amide bonds. The van der Waals surface area contributed by atoms with Crippen LogP contribution >= 0.6 is 0 Å². The highest BCUT2D eigenvalue weighted by atomic mass is 19.1. The first-order valence-corrected chi connectivity index (χ1v) is 13.6. The summed E-state index contributed by atoms with van der Waals surface area (Å²) in [6.45, 7) is 12.0. The summed E-state index contributed by atoms with van der Waals surface area (Å²) in [6.07, 6.45) is 2.24. The molecule has 204 valence electrons. The van der Waals surface area contributed by atoms with Gasteiger partial charge >= 0.3 is 0 Å². The predicted molar refractivity (Wildman–Crippen MR) is 152 cm³/mol. The number of benzene rings is 3. The van der Waals surface area contributed by atoms with Gasteiger partial charge < -0.3 is 10.6 Å². The number of rotatable bonds is 12. The lowest BCUT2D eigenvalue weighted by Gasteiger charge is -2.22. The smallest absolute Gasteiger partial charge is 0.237 e. The summed E-state index contributed by atoms with van der Waals surface area (Å²) >= 11 is 0. The lowest BCUT2D eigenvalue weighted by atomic mass is 9.87. The van der Waals surface area contributed by atoms with Crippen molar-refractivity contribution in [2.45, 2.75) is 77.8 Å². The largest absolute Gasteiger partial charge is 0.355 e. The third-order valence-corrected chi connectivity index (χ3v) is 6.91. The van der Waals surface area contributed by atoms with Crippen LogP contribution in [0, 0.1) is 17.6 Å². The fourth-order valence-corrected chi connectivity index (χ4v) is 4.68. The molecule has 0 saturated carbocycles. The Balaban J connectivity index is 1.57. The van der Waals surface area contributed by atoms with Crippen LogP contribution in [0.1, 0.15) is 82.1 Å². The average molecular weight is 521 g/mol. The SMILES string of the molecule is CC(C)CC(NCc1ccc(C(C)(C)C)cc1)C(=O)NCCCC(c1ccc(F)cc1)c1ccc(F)cc1. The van der Waals surface area contributed by atoms with Gasteiger partial charge in [0, 0.05) is 19.0 Å². The zero-order valence-corrected chi connectivity index (χ0v) is 23.4. The van der Waals surface area contributed by atoms with Crippen molar-refractivity contribution in [3.63, 3.8) is 0 Å². The number of carbonyl (C=O) groups excluding carboxylic acids is 1. The predicted octanol–water partition coefficient (Wildman–Crippen LogP) is 7.50. The van der Waals surface area contributed by atoms with Gasteiger partial charge in [-0.25, -0.2) is 8.78 Å². The molecular formula is C33H42F2N2O. The number of carbonyl (C=O) groups is 1. The van der Waals surface area contributed by atoms with Crippen LogP contribution in [0.3, 0.4) is 0 Å². The molecule has 0 heterocycles. The Morgan fingerprint density at radius 2 is 1.34 bits per heavy atom. The summed E-state index contributed by atoms with van der Waals surface area (Å²) in [4.78, 5) is 13.1. The Bertz CT molecular complexity index is 1090. The topological polar surface area (TPSA) is 41.1 Å². The number of nitrogens with one attached hydrogen (secondary N) is 2. The third-order valence-electron chi connectivity index (χ3n) is 6.91. The molecule has 38 heavy (non-hydrogen) atoms. The summed E-state index contributed by atoms with van der Waals surface area (Å²) in [6, 6.07) is 21.2. The maximum atomic E-state index is 13.5. The monoisotopic (exact) mass is 520 g/mol. The van der Waals surface area contributed by atoms with Gasteiger partial charge in [-0.2, -0.15) is 0 Å². The molecule has 3 nitrogen and oxygen atoms in total. The van der Waals surface area contributed by atoms with E-state index >= 15 is 0 Å². The quantitative estimate of drug-likeness (QED) is 0.243. The summed E-state index contributed by atoms with van der Waals surface area (Å²) in [5.74, 6) is -0.192. The Kier molecular flexibility index (Phi) is 10.6. The fourth-order valence-electron chi connectivity index (χ4n) is 4.68. The maximum Gasteiger partial charge on any atom is 0.237 e. The Morgan fingerprint density at radius 1 is 0.816 bits per heavy atom. The molecule has 3 aromatic rings. The normalized spacial score (nSPS) is 12.7. The number of hydrogen-bond donors (Lipinski definition) is 2. The molecule has 3 rings (SSSR count). The van der Waals surface area contributed by atoms with E-state index in [-0.39, 0.29) is 34.9 Å². The molecule has 0 aliphatic heterocycles. The first kappa shape index (κ1) is 29.5. The van der Waals surface area contributed by atoms with Crippen molar-refractivity contribution < 1.29 is 13.6 Å². The van der Waals surface area contributed by atoms with Crippen LogP contribution in [0.5, 0.6) is 0 Å². The zero-order chi connectivity index (χ0) is 27.7. The van der Waals surface area contributed by atoms with E-state index in [0.29, 0.717) is 19.0 Å². The van der Waals surface area contributed by atoms with Crippen molar-refractivity contribution in [3.8, 4) is 0 Å². The van der Waals surface area contributed by atoms with Gasteiger partial charge in [0.1, 0.15) is 11.6 Å². The molecule has 0 aliphatic rings. The highest BCUT2D eigenvalue weighted by Crippen LogP contribution is 2.29. The molecule has 0 radical (unpaired) electrons. The van der Waals surface area contributed by atoms with Gasteiger partial charge in [-0.05, 0) is 77.1 Å². The molecule has 0 bridgehead atoms. The van der Waals surface area contributed by atoms with Crippen molar-refractivity contribution in [3.05, 3.63) is 107 Å². The summed E-state index contributed by atoms with van der Waals surface area (Å²) < 4.78 is 27.0. The van der Waals surface area contributed by atoms with Gasteiger partial charge in [-0.3, -0.25) is 4.79 Å². The van der Waals surface area contributed by atoms with E-state index < -0.39 is 0 Å². The average Bonchev–Trinajstić information content (AvgIpc) is 2.87. The van der Waals surface area contributed by atoms with Gasteiger partial charge in [0.2, 0.25) is 5.91 Å². The molecule has 0 fully saturated rings. The van der Waals surface area contributed by atoms with E-state index in [0.717, 1.165) is 36.0 Å². The molecule has 2 N–H and O–H groups in total. The number of hydrogen-bond acceptors (Lipinski definition) is 2. The molecule has 0 saturated heterocycles. The van der Waals surface area contributed by atoms with Gasteiger partial charge in [0.25, 0.3) is 0 Å². The van der Waals surface area contributed by atoms with E-state index in [1.807, 2.05) is 0 Å². The van der Waals surface area contributed by atoms with E-state index in [9.17, 15) is 13.6 Å². The Labute approximate surface area is 227 Å². The summed E-state index contributed by atoms with van der Waals surface area (Å²) in [5, 5.41) is 6.56. The van der Waals surface area contributed by atoms with E-state index in [1.54, 1.807) is 24.3 Å². The second-order valence-corrected chi connectivity index (χ2v) is 11.6. The van der Waals surface area contributed by atoms with Gasteiger partial charge in [0.15, 0.2) is 0 Å². The van der Waals surface area contributed by atoms with Crippen molar-refractivity contribution in [2.24, 2.45) is 5.92 Å². The van der Waals surface area contributed by atoms with E-state index in [1.165, 1.54) is 29.8 Å². The Morgan fingerprint density at radius 3 is 1.82 bits per heavy atom. The molecule has 0 spiro atoms. The zero-order valence-electron chi connectivity index (χ0n) is 23.4. The first-order valence-electron chi connectivity index (χ1n) is 13.6. The van der Waals surface area contributed by atoms with Crippen LogP contribution in [0.2, 0.25) is 0 Å². The van der Waals surface area contributed by atoms with Crippen LogP contribution < -0.4 is 10.6 Å². The van der Waals surface area contributed by atoms with Crippen molar-refractivity contribution in [1.29, 1.82) is 0 Å². The van der Waals surface area contributed by atoms with Crippen molar-refractivity contribution in [1.82, 2.24) is 10.6 Å². The minimum Gasteiger partial charge on any atom is -0.355 e. The minimum atomic E-state index is -0.285. The summed E-state index contributed by atoms with van der Waals surface area (Å²) in [5.41, 5.74) is 4.50. The molecule has 5 heteroatoms. The van der Waals surface area contributed by atoms with Crippen molar-refractivity contribution in [2.75, 3.05) is 6.54 Å². The molecule has 0 aromatic heterocycles. The lowest BCUT2D eigenvalue weighted by Crippen LogP contribution is -2.45. The standard InChI is InChI=1S/C33H42F2N2O/c1-23(2)21-31(37-22-24-8-14-27(15-9-24)33(3,4)5)32(38)36-20-6-7-30(25-10-16-28(34)17-11-25)26-12-18-29(35)19-13-26/h8-19,23,30-31,37H,6-7,20-22H2,1-5H3,(H,36,38). The van der Waals surface area contributed by atoms with Crippen LogP contribution in [0.25, 0.3) is 0 Å². The number of halogens is 2. The van der Waals surface area contributed by atoms with Crippen LogP contribution in [-0.2, 0) is 16.8 Å². The molecule has 1 atom stereocenters. The molecule has 0 aliphatic carbocycles. The highest BCUT2D eigenvalue weighted by molar-refractivity contribution is 5.81. The Hall–Kier alpha value is -3.05. The number of amides is 1. The van der Waals surface area contributed by atoms with Gasteiger partial charge in [-0.1, -0.05) is 83.1 Å². The minimum absolute atomic E-state index is 0.00475. The highest BCUT2D eigenvalue weighted by Gasteiger charge is 2.20. The van der Waals surface area contributed by atoms with Crippen LogP contribution in [0.15, 0.2) is 72.8 Å². The van der Waals surface area contributed by atoms with E-state index in [4.69, 9.17) is 0 Å². The van der Waals surface area contributed by atoms with Crippen LogP contribution in [-0.4, -0.2) is 18.5 Å². The van der Waals surface area contributed by atoms with Gasteiger partial charge in [-0.15, -0.1) is 0 Å². The third kappa shape index (κ3) is 9.05. The summed E-state index contributed by atoms with van der Waals surface area (Å²) in [7, 11) is 0. The van der Waals surface area contributed by atoms with Crippen molar-refractivity contribution >= 4 is 5.91 Å².